The first-order chi connectivity index (χ1) is 6.40. The normalized spacial score (nSPS) is 9.85. The van der Waals surface area contributed by atoms with E-state index in [2.05, 4.69) is 9.97 Å². The van der Waals surface area contributed by atoms with Gasteiger partial charge in [0.15, 0.2) is 6.29 Å². The first-order valence-corrected chi connectivity index (χ1v) is 3.72. The van der Waals surface area contributed by atoms with Crippen LogP contribution in [0.3, 0.4) is 0 Å². The van der Waals surface area contributed by atoms with E-state index in [4.69, 9.17) is 4.42 Å². The Kier molecular flexibility index (Phi) is 1.88. The predicted molar refractivity (Wildman–Crippen MR) is 45.1 cm³/mol. The lowest BCUT2D eigenvalue weighted by molar-refractivity contribution is 0.111. The Balaban J connectivity index is 2.41. The van der Waals surface area contributed by atoms with Crippen molar-refractivity contribution in [3.8, 4) is 11.6 Å². The first kappa shape index (κ1) is 7.67. The van der Waals surface area contributed by atoms with Gasteiger partial charge in [0.1, 0.15) is 17.7 Å². The highest BCUT2D eigenvalue weighted by Gasteiger charge is 2.05. The molecule has 0 aliphatic carbocycles. The monoisotopic (exact) mass is 174 g/mol. The van der Waals surface area contributed by atoms with Crippen LogP contribution in [0.1, 0.15) is 10.5 Å². The van der Waals surface area contributed by atoms with Gasteiger partial charge < -0.3 is 4.42 Å². The summed E-state index contributed by atoms with van der Waals surface area (Å²) in [6, 6.07) is 5.39. The molecule has 0 spiro atoms. The number of pyridine rings is 1. The van der Waals surface area contributed by atoms with Crippen molar-refractivity contribution in [2.24, 2.45) is 0 Å². The third-order valence-electron chi connectivity index (χ3n) is 1.53. The molecule has 0 aliphatic heterocycles. The van der Waals surface area contributed by atoms with Crippen molar-refractivity contribution in [3.63, 3.8) is 0 Å². The van der Waals surface area contributed by atoms with Crippen LogP contribution in [0.4, 0.5) is 0 Å². The molecule has 0 bridgehead atoms. The average molecular weight is 174 g/mol. The molecular weight excluding hydrogens is 168 g/mol. The average Bonchev–Trinajstić information content (AvgIpc) is 2.67. The molecule has 13 heavy (non-hydrogen) atoms. The minimum atomic E-state index is 0.278. The van der Waals surface area contributed by atoms with E-state index in [-0.39, 0.29) is 5.69 Å². The fraction of sp³-hybridized carbons (Fsp3) is 0. The highest BCUT2D eigenvalue weighted by atomic mass is 16.3. The van der Waals surface area contributed by atoms with E-state index in [9.17, 15) is 4.79 Å². The van der Waals surface area contributed by atoms with Crippen LogP contribution in [0.15, 0.2) is 35.1 Å². The lowest BCUT2D eigenvalue weighted by Crippen LogP contribution is -1.82. The topological polar surface area (TPSA) is 56.0 Å². The molecule has 0 N–H and O–H groups in total. The van der Waals surface area contributed by atoms with Crippen molar-refractivity contribution in [1.82, 2.24) is 9.97 Å². The summed E-state index contributed by atoms with van der Waals surface area (Å²) >= 11 is 0. The fourth-order valence-corrected chi connectivity index (χ4v) is 0.947. The second-order valence-corrected chi connectivity index (χ2v) is 2.41. The summed E-state index contributed by atoms with van der Waals surface area (Å²) in [5, 5.41) is 0. The van der Waals surface area contributed by atoms with Gasteiger partial charge in [0.05, 0.1) is 0 Å². The van der Waals surface area contributed by atoms with Gasteiger partial charge in [-0.05, 0) is 12.1 Å². The Morgan fingerprint density at radius 3 is 2.92 bits per heavy atom. The van der Waals surface area contributed by atoms with Gasteiger partial charge in [-0.1, -0.05) is 6.07 Å². The van der Waals surface area contributed by atoms with E-state index in [0.717, 1.165) is 0 Å². The number of hydrogen-bond donors (Lipinski definition) is 0. The second kappa shape index (κ2) is 3.18. The summed E-state index contributed by atoms with van der Waals surface area (Å²) in [5.41, 5.74) is 0.899. The van der Waals surface area contributed by atoms with Crippen LogP contribution in [0.25, 0.3) is 11.6 Å². The molecule has 2 rings (SSSR count). The largest absolute Gasteiger partial charge is 0.443 e. The minimum Gasteiger partial charge on any atom is -0.443 e. The molecule has 0 radical (unpaired) electrons. The maximum Gasteiger partial charge on any atom is 0.245 e. The van der Waals surface area contributed by atoms with Crippen LogP contribution in [0.2, 0.25) is 0 Å². The van der Waals surface area contributed by atoms with Crippen LogP contribution in [-0.2, 0) is 0 Å². The smallest absolute Gasteiger partial charge is 0.245 e. The zero-order valence-electron chi connectivity index (χ0n) is 6.68. The number of aldehydes is 1. The maximum atomic E-state index is 10.3. The third kappa shape index (κ3) is 1.46. The maximum absolute atomic E-state index is 10.3. The molecule has 0 fully saturated rings. The standard InChI is InChI=1S/C9H6N2O2/c12-5-7-6-13-9(11-7)8-3-1-2-4-10-8/h1-6H. The van der Waals surface area contributed by atoms with Crippen molar-refractivity contribution < 1.29 is 9.21 Å². The number of aromatic nitrogens is 2. The van der Waals surface area contributed by atoms with E-state index >= 15 is 0 Å². The molecule has 2 aromatic rings. The first-order valence-electron chi connectivity index (χ1n) is 3.72. The van der Waals surface area contributed by atoms with Crippen LogP contribution in [0, 0.1) is 0 Å². The van der Waals surface area contributed by atoms with Crippen LogP contribution in [0.5, 0.6) is 0 Å². The minimum absolute atomic E-state index is 0.278. The number of carbonyl (C=O) groups is 1. The van der Waals surface area contributed by atoms with Crippen LogP contribution < -0.4 is 0 Å². The van der Waals surface area contributed by atoms with Gasteiger partial charge >= 0.3 is 0 Å². The molecule has 4 heteroatoms. The SMILES string of the molecule is O=Cc1coc(-c2ccccn2)n1. The van der Waals surface area contributed by atoms with Crippen molar-refractivity contribution in [2.75, 3.05) is 0 Å². The number of rotatable bonds is 2. The van der Waals surface area contributed by atoms with E-state index < -0.39 is 0 Å². The third-order valence-corrected chi connectivity index (χ3v) is 1.53. The molecule has 0 unspecified atom stereocenters. The lowest BCUT2D eigenvalue weighted by atomic mass is 10.3. The summed E-state index contributed by atoms with van der Waals surface area (Å²) in [7, 11) is 0. The zero-order chi connectivity index (χ0) is 9.10. The van der Waals surface area contributed by atoms with Gasteiger partial charge in [0.2, 0.25) is 5.89 Å². The van der Waals surface area contributed by atoms with Crippen molar-refractivity contribution in [3.05, 3.63) is 36.4 Å². The molecule has 0 aliphatic rings. The predicted octanol–water partition coefficient (Wildman–Crippen LogP) is 1.55. The van der Waals surface area contributed by atoms with Gasteiger partial charge in [0.25, 0.3) is 0 Å². The van der Waals surface area contributed by atoms with Crippen molar-refractivity contribution in [1.29, 1.82) is 0 Å². The summed E-state index contributed by atoms with van der Waals surface area (Å²) in [6.07, 6.45) is 3.58. The molecule has 64 valence electrons. The molecule has 0 amide bonds. The second-order valence-electron chi connectivity index (χ2n) is 2.41. The molecule has 4 nitrogen and oxygen atoms in total. The summed E-state index contributed by atoms with van der Waals surface area (Å²) in [6.45, 7) is 0. The number of oxazole rings is 1. The van der Waals surface area contributed by atoms with Crippen LogP contribution >= 0.6 is 0 Å². The molecule has 0 saturated carbocycles. The van der Waals surface area contributed by atoms with E-state index in [1.807, 2.05) is 6.07 Å². The number of nitrogens with zero attached hydrogens (tertiary/aromatic N) is 2. The summed E-state index contributed by atoms with van der Waals surface area (Å²) < 4.78 is 5.04. The quantitative estimate of drug-likeness (QED) is 0.648. The molecule has 0 aromatic carbocycles. The Labute approximate surface area is 74.2 Å². The van der Waals surface area contributed by atoms with Gasteiger partial charge in [-0.3, -0.25) is 9.78 Å². The van der Waals surface area contributed by atoms with Crippen molar-refractivity contribution in [2.45, 2.75) is 0 Å². The summed E-state index contributed by atoms with van der Waals surface area (Å²) in [5.74, 6) is 0.364. The Hall–Kier alpha value is -1.97. The molecule has 0 atom stereocenters. The van der Waals surface area contributed by atoms with Gasteiger partial charge in [-0.2, -0.15) is 0 Å². The molecular formula is C9H6N2O2. The lowest BCUT2D eigenvalue weighted by Gasteiger charge is -1.90. The Morgan fingerprint density at radius 2 is 2.31 bits per heavy atom. The Bertz CT molecular complexity index is 409. The van der Waals surface area contributed by atoms with Gasteiger partial charge in [-0.15, -0.1) is 0 Å². The molecule has 0 saturated heterocycles. The highest BCUT2D eigenvalue weighted by molar-refractivity contribution is 5.72. The Morgan fingerprint density at radius 1 is 1.38 bits per heavy atom. The number of carbonyl (C=O) groups excluding carboxylic acids is 1. The highest BCUT2D eigenvalue weighted by Crippen LogP contribution is 2.13. The summed E-state index contributed by atoms with van der Waals surface area (Å²) in [4.78, 5) is 18.2. The fourth-order valence-electron chi connectivity index (χ4n) is 0.947. The van der Waals surface area contributed by atoms with Gasteiger partial charge in [0, 0.05) is 6.20 Å². The van der Waals surface area contributed by atoms with Crippen LogP contribution in [-0.4, -0.2) is 16.3 Å². The molecule has 2 aromatic heterocycles. The number of hydrogen-bond acceptors (Lipinski definition) is 4. The zero-order valence-corrected chi connectivity index (χ0v) is 6.68. The van der Waals surface area contributed by atoms with E-state index in [0.29, 0.717) is 17.9 Å². The van der Waals surface area contributed by atoms with E-state index in [1.54, 1.807) is 18.3 Å². The van der Waals surface area contributed by atoms with Gasteiger partial charge in [-0.25, -0.2) is 4.98 Å². The van der Waals surface area contributed by atoms with E-state index in [1.165, 1.54) is 6.26 Å². The van der Waals surface area contributed by atoms with Crippen molar-refractivity contribution >= 4 is 6.29 Å². The molecule has 2 heterocycles.